The third kappa shape index (κ3) is 3.95. The maximum Gasteiger partial charge on any atom is 0.124 e. The number of phenolic OH excluding ortho intramolecular Hbond substituents is 1. The van der Waals surface area contributed by atoms with Gasteiger partial charge < -0.3 is 15.2 Å². The summed E-state index contributed by atoms with van der Waals surface area (Å²) >= 11 is 3.40. The lowest BCUT2D eigenvalue weighted by molar-refractivity contribution is 0.404. The minimum atomic E-state index is -0.269. The third-order valence-corrected chi connectivity index (χ3v) is 4.08. The van der Waals surface area contributed by atoms with Gasteiger partial charge in [0.05, 0.1) is 7.11 Å². The predicted molar refractivity (Wildman–Crippen MR) is 84.0 cm³/mol. The van der Waals surface area contributed by atoms with Gasteiger partial charge in [-0.05, 0) is 36.8 Å². The van der Waals surface area contributed by atoms with E-state index in [0.29, 0.717) is 12.3 Å². The lowest BCUT2D eigenvalue weighted by atomic mass is 10.1. The molecule has 2 aromatic carbocycles. The molecule has 0 saturated heterocycles. The molecule has 0 radical (unpaired) electrons. The quantitative estimate of drug-likeness (QED) is 0.848. The molecule has 0 aromatic heterocycles. The highest BCUT2D eigenvalue weighted by Gasteiger charge is 2.12. The number of rotatable bonds is 5. The summed E-state index contributed by atoms with van der Waals surface area (Å²) in [5, 5.41) is 13.3. The van der Waals surface area contributed by atoms with E-state index in [1.54, 1.807) is 25.3 Å². The molecule has 0 aliphatic carbocycles. The number of nitrogens with one attached hydrogen (secondary N) is 1. The molecule has 5 heteroatoms. The van der Waals surface area contributed by atoms with Gasteiger partial charge in [-0.15, -0.1) is 0 Å². The van der Waals surface area contributed by atoms with E-state index in [9.17, 15) is 9.50 Å². The summed E-state index contributed by atoms with van der Waals surface area (Å²) in [6.45, 7) is 2.43. The van der Waals surface area contributed by atoms with E-state index in [-0.39, 0.29) is 17.6 Å². The largest absolute Gasteiger partial charge is 0.507 e. The van der Waals surface area contributed by atoms with Gasteiger partial charge >= 0.3 is 0 Å². The topological polar surface area (TPSA) is 41.5 Å². The Kier molecular flexibility index (Phi) is 5.20. The van der Waals surface area contributed by atoms with Gasteiger partial charge in [-0.2, -0.15) is 0 Å². The first kappa shape index (κ1) is 15.8. The van der Waals surface area contributed by atoms with Crippen LogP contribution < -0.4 is 10.1 Å². The summed E-state index contributed by atoms with van der Waals surface area (Å²) in [6, 6.07) is 9.68. The molecule has 112 valence electrons. The van der Waals surface area contributed by atoms with Crippen LogP contribution in [0.4, 0.5) is 4.39 Å². The van der Waals surface area contributed by atoms with Gasteiger partial charge in [0.15, 0.2) is 0 Å². The van der Waals surface area contributed by atoms with Crippen molar-refractivity contribution in [1.82, 2.24) is 5.32 Å². The van der Waals surface area contributed by atoms with E-state index in [2.05, 4.69) is 21.2 Å². The summed E-state index contributed by atoms with van der Waals surface area (Å²) in [5.74, 6) is 0.513. The molecule has 0 fully saturated rings. The summed E-state index contributed by atoms with van der Waals surface area (Å²) in [6.07, 6.45) is 0. The first-order valence-corrected chi connectivity index (χ1v) is 7.34. The molecule has 21 heavy (non-hydrogen) atoms. The SMILES string of the molecule is COc1ccc(C(C)NCc2cc(F)ccc2Br)c(O)c1. The lowest BCUT2D eigenvalue weighted by Crippen LogP contribution is -2.18. The highest BCUT2D eigenvalue weighted by molar-refractivity contribution is 9.10. The zero-order valence-electron chi connectivity index (χ0n) is 11.9. The Hall–Kier alpha value is -1.59. The van der Waals surface area contributed by atoms with E-state index in [4.69, 9.17) is 4.74 Å². The van der Waals surface area contributed by atoms with Crippen LogP contribution in [-0.4, -0.2) is 12.2 Å². The standard InChI is InChI=1S/C16H17BrFNO2/c1-10(14-5-4-13(21-2)8-16(14)20)19-9-11-7-12(18)3-6-15(11)17/h3-8,10,19-20H,9H2,1-2H3. The Labute approximate surface area is 131 Å². The van der Waals surface area contributed by atoms with E-state index in [0.717, 1.165) is 15.6 Å². The molecule has 2 rings (SSSR count). The fourth-order valence-electron chi connectivity index (χ4n) is 2.07. The van der Waals surface area contributed by atoms with Crippen molar-refractivity contribution in [3.05, 3.63) is 57.8 Å². The van der Waals surface area contributed by atoms with E-state index in [1.165, 1.54) is 12.1 Å². The summed E-state index contributed by atoms with van der Waals surface area (Å²) in [7, 11) is 1.55. The molecule has 3 nitrogen and oxygen atoms in total. The Morgan fingerprint density at radius 2 is 2.05 bits per heavy atom. The molecule has 0 saturated carbocycles. The van der Waals surface area contributed by atoms with Crippen LogP contribution >= 0.6 is 15.9 Å². The predicted octanol–water partition coefficient (Wildman–Crippen LogP) is 4.15. The second-order valence-electron chi connectivity index (χ2n) is 4.76. The average Bonchev–Trinajstić information content (AvgIpc) is 2.47. The Morgan fingerprint density at radius 3 is 2.71 bits per heavy atom. The summed E-state index contributed by atoms with van der Waals surface area (Å²) < 4.78 is 19.1. The zero-order chi connectivity index (χ0) is 15.4. The molecule has 0 amide bonds. The molecule has 0 bridgehead atoms. The van der Waals surface area contributed by atoms with Crippen LogP contribution in [0.5, 0.6) is 11.5 Å². The molecule has 2 N–H and O–H groups in total. The van der Waals surface area contributed by atoms with Gasteiger partial charge in [0.25, 0.3) is 0 Å². The van der Waals surface area contributed by atoms with Gasteiger partial charge in [0.2, 0.25) is 0 Å². The van der Waals surface area contributed by atoms with Crippen molar-refractivity contribution in [3.63, 3.8) is 0 Å². The number of halogens is 2. The summed E-state index contributed by atoms with van der Waals surface area (Å²) in [5.41, 5.74) is 1.60. The Bertz CT molecular complexity index is 634. The average molecular weight is 354 g/mol. The van der Waals surface area contributed by atoms with Crippen LogP contribution in [-0.2, 0) is 6.54 Å². The summed E-state index contributed by atoms with van der Waals surface area (Å²) in [4.78, 5) is 0. The number of hydrogen-bond acceptors (Lipinski definition) is 3. The second-order valence-corrected chi connectivity index (χ2v) is 5.62. The van der Waals surface area contributed by atoms with Crippen LogP contribution in [0.15, 0.2) is 40.9 Å². The zero-order valence-corrected chi connectivity index (χ0v) is 13.4. The lowest BCUT2D eigenvalue weighted by Gasteiger charge is -2.17. The highest BCUT2D eigenvalue weighted by Crippen LogP contribution is 2.28. The van der Waals surface area contributed by atoms with Crippen molar-refractivity contribution >= 4 is 15.9 Å². The number of benzene rings is 2. The number of methoxy groups -OCH3 is 1. The van der Waals surface area contributed by atoms with Gasteiger partial charge in [-0.3, -0.25) is 0 Å². The minimum Gasteiger partial charge on any atom is -0.507 e. The van der Waals surface area contributed by atoms with Crippen molar-refractivity contribution in [1.29, 1.82) is 0 Å². The molecule has 0 heterocycles. The van der Waals surface area contributed by atoms with Gasteiger partial charge in [-0.1, -0.05) is 22.0 Å². The Balaban J connectivity index is 2.08. The highest BCUT2D eigenvalue weighted by atomic mass is 79.9. The van der Waals surface area contributed by atoms with Gasteiger partial charge in [0.1, 0.15) is 17.3 Å². The van der Waals surface area contributed by atoms with E-state index < -0.39 is 0 Å². The number of aromatic hydroxyl groups is 1. The van der Waals surface area contributed by atoms with Crippen LogP contribution in [0, 0.1) is 5.82 Å². The van der Waals surface area contributed by atoms with Crippen molar-refractivity contribution in [3.8, 4) is 11.5 Å². The number of hydrogen-bond donors (Lipinski definition) is 2. The molecule has 1 unspecified atom stereocenters. The molecule has 0 spiro atoms. The van der Waals surface area contributed by atoms with Crippen molar-refractivity contribution in [2.24, 2.45) is 0 Å². The molecule has 1 atom stereocenters. The maximum absolute atomic E-state index is 13.2. The van der Waals surface area contributed by atoms with Crippen LogP contribution in [0.25, 0.3) is 0 Å². The van der Waals surface area contributed by atoms with Crippen molar-refractivity contribution < 1.29 is 14.2 Å². The van der Waals surface area contributed by atoms with E-state index in [1.807, 2.05) is 13.0 Å². The fraction of sp³-hybridized carbons (Fsp3) is 0.250. The van der Waals surface area contributed by atoms with E-state index >= 15 is 0 Å². The first-order valence-electron chi connectivity index (χ1n) is 6.55. The number of ether oxygens (including phenoxy) is 1. The molecule has 0 aliphatic rings. The molecule has 2 aromatic rings. The van der Waals surface area contributed by atoms with Crippen LogP contribution in [0.1, 0.15) is 24.1 Å². The molecule has 0 aliphatic heterocycles. The van der Waals surface area contributed by atoms with Crippen molar-refractivity contribution in [2.75, 3.05) is 7.11 Å². The second kappa shape index (κ2) is 6.91. The van der Waals surface area contributed by atoms with Gasteiger partial charge in [-0.25, -0.2) is 4.39 Å². The monoisotopic (exact) mass is 353 g/mol. The Morgan fingerprint density at radius 1 is 1.29 bits per heavy atom. The molecular formula is C16H17BrFNO2. The number of phenols is 1. The third-order valence-electron chi connectivity index (χ3n) is 3.31. The smallest absolute Gasteiger partial charge is 0.124 e. The first-order chi connectivity index (χ1) is 10.0. The van der Waals surface area contributed by atoms with Crippen LogP contribution in [0.3, 0.4) is 0 Å². The fourth-order valence-corrected chi connectivity index (χ4v) is 2.46. The normalized spacial score (nSPS) is 12.2. The maximum atomic E-state index is 13.2. The minimum absolute atomic E-state index is 0.0777. The van der Waals surface area contributed by atoms with Crippen LogP contribution in [0.2, 0.25) is 0 Å². The van der Waals surface area contributed by atoms with Gasteiger partial charge in [0, 0.05) is 28.7 Å². The molecular weight excluding hydrogens is 337 g/mol. The van der Waals surface area contributed by atoms with Crippen molar-refractivity contribution in [2.45, 2.75) is 19.5 Å².